The molecular formula is C24H28N2O3. The highest BCUT2D eigenvalue weighted by molar-refractivity contribution is 5.82. The quantitative estimate of drug-likeness (QED) is 0.792. The molecule has 2 aromatic rings. The summed E-state index contributed by atoms with van der Waals surface area (Å²) in [4.78, 5) is 21.3. The maximum Gasteiger partial charge on any atom is 0.338 e. The van der Waals surface area contributed by atoms with Crippen molar-refractivity contribution in [2.75, 3.05) is 0 Å². The van der Waals surface area contributed by atoms with Gasteiger partial charge in [-0.15, -0.1) is 0 Å². The number of nitrogens with zero attached hydrogens (tertiary/aromatic N) is 2. The third-order valence-electron chi connectivity index (χ3n) is 6.68. The standard InChI is InChI=1S/C24H28N2O3/c1-4-19-15(2)13-24(28)22(16(3)29-23(24)27)20(19)11-10-18-9-8-17(14-26-18)21-7-5-6-12-25-21/h5-12,14-16,19-20,22,28H,4,13H2,1-3H3/t15-,16+,19+,20-,22-,24-/m0/s1. The molecule has 1 saturated carbocycles. The Balaban J connectivity index is 1.60. The van der Waals surface area contributed by atoms with Crippen LogP contribution in [0, 0.1) is 23.7 Å². The van der Waals surface area contributed by atoms with Gasteiger partial charge in [0.05, 0.1) is 11.4 Å². The minimum absolute atomic E-state index is 0.0625. The molecule has 2 aromatic heterocycles. The van der Waals surface area contributed by atoms with Gasteiger partial charge in [-0.3, -0.25) is 9.97 Å². The zero-order valence-electron chi connectivity index (χ0n) is 17.2. The molecule has 5 heteroatoms. The summed E-state index contributed by atoms with van der Waals surface area (Å²) in [5, 5.41) is 11.1. The molecule has 3 heterocycles. The minimum atomic E-state index is -1.38. The predicted molar refractivity (Wildman–Crippen MR) is 112 cm³/mol. The van der Waals surface area contributed by atoms with Gasteiger partial charge in [-0.2, -0.15) is 0 Å². The lowest BCUT2D eigenvalue weighted by molar-refractivity contribution is -0.160. The van der Waals surface area contributed by atoms with E-state index in [4.69, 9.17) is 4.74 Å². The molecule has 1 N–H and O–H groups in total. The van der Waals surface area contributed by atoms with Crippen molar-refractivity contribution in [1.29, 1.82) is 0 Å². The Morgan fingerprint density at radius 1 is 1.24 bits per heavy atom. The van der Waals surface area contributed by atoms with Crippen molar-refractivity contribution in [2.45, 2.75) is 45.3 Å². The second-order valence-electron chi connectivity index (χ2n) is 8.44. The summed E-state index contributed by atoms with van der Waals surface area (Å²) < 4.78 is 5.45. The van der Waals surface area contributed by atoms with E-state index in [1.54, 1.807) is 6.20 Å². The monoisotopic (exact) mass is 392 g/mol. The number of esters is 1. The fraction of sp³-hybridized carbons (Fsp3) is 0.458. The Bertz CT molecular complexity index is 896. The number of pyridine rings is 2. The molecular weight excluding hydrogens is 364 g/mol. The van der Waals surface area contributed by atoms with Gasteiger partial charge in [-0.25, -0.2) is 4.79 Å². The van der Waals surface area contributed by atoms with Crippen molar-refractivity contribution >= 4 is 12.0 Å². The molecule has 6 atom stereocenters. The summed E-state index contributed by atoms with van der Waals surface area (Å²) in [7, 11) is 0. The van der Waals surface area contributed by atoms with Crippen molar-refractivity contribution in [3.05, 3.63) is 54.5 Å². The average molecular weight is 392 g/mol. The van der Waals surface area contributed by atoms with Gasteiger partial charge >= 0.3 is 5.97 Å². The number of hydrogen-bond donors (Lipinski definition) is 1. The minimum Gasteiger partial charge on any atom is -0.460 e. The zero-order valence-corrected chi connectivity index (χ0v) is 17.2. The van der Waals surface area contributed by atoms with E-state index in [2.05, 4.69) is 29.9 Å². The highest BCUT2D eigenvalue weighted by Crippen LogP contribution is 2.52. The van der Waals surface area contributed by atoms with Crippen LogP contribution in [0.15, 0.2) is 48.8 Å². The van der Waals surface area contributed by atoms with Gasteiger partial charge in [0.25, 0.3) is 0 Å². The van der Waals surface area contributed by atoms with Gasteiger partial charge in [0.1, 0.15) is 6.10 Å². The number of rotatable bonds is 4. The van der Waals surface area contributed by atoms with Crippen molar-refractivity contribution in [1.82, 2.24) is 9.97 Å². The van der Waals surface area contributed by atoms with Crippen LogP contribution in [0.1, 0.15) is 39.3 Å². The van der Waals surface area contributed by atoms with Crippen LogP contribution < -0.4 is 0 Å². The normalized spacial score (nSPS) is 34.2. The summed E-state index contributed by atoms with van der Waals surface area (Å²) in [5.41, 5.74) is 1.33. The summed E-state index contributed by atoms with van der Waals surface area (Å²) in [6.07, 6.45) is 8.90. The van der Waals surface area contributed by atoms with E-state index in [1.165, 1.54) is 0 Å². The van der Waals surface area contributed by atoms with Crippen LogP contribution in [0.4, 0.5) is 0 Å². The lowest BCUT2D eigenvalue weighted by atomic mass is 9.59. The van der Waals surface area contributed by atoms with Gasteiger partial charge in [-0.1, -0.05) is 32.4 Å². The van der Waals surface area contributed by atoms with Crippen molar-refractivity contribution in [3.63, 3.8) is 0 Å². The number of aromatic nitrogens is 2. The van der Waals surface area contributed by atoms with Crippen molar-refractivity contribution in [2.24, 2.45) is 23.7 Å². The fourth-order valence-electron chi connectivity index (χ4n) is 5.34. The highest BCUT2D eigenvalue weighted by atomic mass is 16.6. The fourth-order valence-corrected chi connectivity index (χ4v) is 5.34. The Labute approximate surface area is 171 Å². The third-order valence-corrected chi connectivity index (χ3v) is 6.68. The average Bonchev–Trinajstić information content (AvgIpc) is 2.95. The first-order chi connectivity index (χ1) is 13.9. The van der Waals surface area contributed by atoms with Crippen LogP contribution in [0.3, 0.4) is 0 Å². The molecule has 0 amide bonds. The van der Waals surface area contributed by atoms with Gasteiger partial charge < -0.3 is 9.84 Å². The molecule has 0 aromatic carbocycles. The topological polar surface area (TPSA) is 72.3 Å². The molecule has 1 aliphatic heterocycles. The smallest absolute Gasteiger partial charge is 0.338 e. The molecule has 0 spiro atoms. The van der Waals surface area contributed by atoms with Crippen molar-refractivity contribution in [3.8, 4) is 11.3 Å². The van der Waals surface area contributed by atoms with Gasteiger partial charge in [0.2, 0.25) is 0 Å². The number of aliphatic hydroxyl groups is 1. The Kier molecular flexibility index (Phi) is 5.26. The molecule has 0 unspecified atom stereocenters. The van der Waals surface area contributed by atoms with Crippen LogP contribution in [0.5, 0.6) is 0 Å². The summed E-state index contributed by atoms with van der Waals surface area (Å²) in [6.45, 7) is 6.19. The van der Waals surface area contributed by atoms with Crippen LogP contribution in [0.2, 0.25) is 0 Å². The maximum atomic E-state index is 12.4. The first-order valence-corrected chi connectivity index (χ1v) is 10.4. The maximum absolute atomic E-state index is 12.4. The number of carbonyl (C=O) groups excluding carboxylic acids is 1. The van der Waals surface area contributed by atoms with E-state index in [1.807, 2.05) is 49.5 Å². The first kappa shape index (κ1) is 19.8. The van der Waals surface area contributed by atoms with Gasteiger partial charge in [0, 0.05) is 23.9 Å². The van der Waals surface area contributed by atoms with Crippen LogP contribution >= 0.6 is 0 Å². The molecule has 4 rings (SSSR count). The largest absolute Gasteiger partial charge is 0.460 e. The number of ether oxygens (including phenoxy) is 1. The number of allylic oxidation sites excluding steroid dienone is 1. The van der Waals surface area contributed by atoms with Crippen LogP contribution in [-0.2, 0) is 9.53 Å². The summed E-state index contributed by atoms with van der Waals surface area (Å²) >= 11 is 0. The second kappa shape index (κ2) is 7.71. The SMILES string of the molecule is CC[C@H]1[C@H](C=Cc2ccc(-c3ccccn3)cn2)[C@@H]2[C@@H](C)OC(=O)[C@]2(O)C[C@@H]1C. The number of carbonyl (C=O) groups is 1. The molecule has 1 saturated heterocycles. The Hall–Kier alpha value is -2.53. The number of cyclic esters (lactones) is 1. The molecule has 29 heavy (non-hydrogen) atoms. The Morgan fingerprint density at radius 3 is 2.72 bits per heavy atom. The van der Waals surface area contributed by atoms with Crippen LogP contribution in [0.25, 0.3) is 17.3 Å². The molecule has 5 nitrogen and oxygen atoms in total. The van der Waals surface area contributed by atoms with E-state index in [0.717, 1.165) is 23.4 Å². The van der Waals surface area contributed by atoms with E-state index in [9.17, 15) is 9.90 Å². The molecule has 2 aliphatic rings. The lowest BCUT2D eigenvalue weighted by Gasteiger charge is -2.45. The molecule has 1 aliphatic carbocycles. The molecule has 0 radical (unpaired) electrons. The predicted octanol–water partition coefficient (Wildman–Crippen LogP) is 4.13. The van der Waals surface area contributed by atoms with Crippen LogP contribution in [-0.4, -0.2) is 32.7 Å². The molecule has 0 bridgehead atoms. The molecule has 2 fully saturated rings. The zero-order chi connectivity index (χ0) is 20.6. The second-order valence-corrected chi connectivity index (χ2v) is 8.44. The lowest BCUT2D eigenvalue weighted by Crippen LogP contribution is -2.53. The van der Waals surface area contributed by atoms with E-state index in [0.29, 0.717) is 12.3 Å². The van der Waals surface area contributed by atoms with E-state index < -0.39 is 11.6 Å². The molecule has 152 valence electrons. The first-order valence-electron chi connectivity index (χ1n) is 10.4. The van der Waals surface area contributed by atoms with Gasteiger partial charge in [0.15, 0.2) is 5.60 Å². The highest BCUT2D eigenvalue weighted by Gasteiger charge is 2.62. The number of fused-ring (bicyclic) bond motifs is 1. The summed E-state index contributed by atoms with van der Waals surface area (Å²) in [6, 6.07) is 9.79. The van der Waals surface area contributed by atoms with Crippen molar-refractivity contribution < 1.29 is 14.6 Å². The Morgan fingerprint density at radius 2 is 2.07 bits per heavy atom. The van der Waals surface area contributed by atoms with E-state index >= 15 is 0 Å². The van der Waals surface area contributed by atoms with E-state index in [-0.39, 0.29) is 23.9 Å². The number of hydrogen-bond acceptors (Lipinski definition) is 5. The third kappa shape index (κ3) is 3.48. The van der Waals surface area contributed by atoms with Gasteiger partial charge in [-0.05, 0) is 61.4 Å². The summed E-state index contributed by atoms with van der Waals surface area (Å²) in [5.74, 6) is 0.00908.